The molecule has 214 valence electrons. The van der Waals surface area contributed by atoms with E-state index in [4.69, 9.17) is 46.4 Å². The molecule has 14 heteroatoms. The molecule has 0 aliphatic carbocycles. The zero-order valence-electron chi connectivity index (χ0n) is 21.1. The average molecular weight is 673 g/mol. The van der Waals surface area contributed by atoms with Gasteiger partial charge in [0, 0.05) is 26.9 Å². The summed E-state index contributed by atoms with van der Waals surface area (Å²) in [5.74, 6) is -0.490. The number of amides is 1. The number of anilines is 3. The Bertz CT molecular complexity index is 1800. The number of nitrogens with zero attached hydrogens (tertiary/aromatic N) is 1. The zero-order chi connectivity index (χ0) is 29.9. The summed E-state index contributed by atoms with van der Waals surface area (Å²) in [4.78, 5) is 12.8. The fraction of sp³-hybridized carbons (Fsp3) is 0.0741. The smallest absolute Gasteiger partial charge is 0.261 e. The minimum Gasteiger partial charge on any atom is -0.322 e. The monoisotopic (exact) mass is 671 g/mol. The van der Waals surface area contributed by atoms with Crippen molar-refractivity contribution in [1.82, 2.24) is 0 Å². The van der Waals surface area contributed by atoms with Gasteiger partial charge in [0.05, 0.1) is 39.1 Å². The molecule has 4 aromatic rings. The molecule has 0 unspecified atom stereocenters. The molecule has 0 spiro atoms. The van der Waals surface area contributed by atoms with Gasteiger partial charge in [-0.1, -0.05) is 58.5 Å². The number of halogens is 4. The molecule has 0 atom stereocenters. The van der Waals surface area contributed by atoms with Crippen LogP contribution in [0.2, 0.25) is 20.1 Å². The maximum atomic E-state index is 12.8. The predicted molar refractivity (Wildman–Crippen MR) is 166 cm³/mol. The summed E-state index contributed by atoms with van der Waals surface area (Å²) in [5.41, 5.74) is 1.46. The lowest BCUT2D eigenvalue weighted by molar-refractivity contribution is 0.102. The van der Waals surface area contributed by atoms with Gasteiger partial charge in [0.15, 0.2) is 0 Å². The molecule has 4 rings (SSSR count). The fourth-order valence-corrected chi connectivity index (χ4v) is 6.57. The Hall–Kier alpha value is -2.99. The summed E-state index contributed by atoms with van der Waals surface area (Å²) in [7, 11) is -7.70. The van der Waals surface area contributed by atoms with Crippen molar-refractivity contribution >= 4 is 89.4 Å². The number of hydrogen-bond donors (Lipinski definition) is 2. The first kappa shape index (κ1) is 31.0. The Balaban J connectivity index is 1.47. The molecule has 0 aliphatic heterocycles. The summed E-state index contributed by atoms with van der Waals surface area (Å²) < 4.78 is 54.2. The van der Waals surface area contributed by atoms with Crippen molar-refractivity contribution in [3.63, 3.8) is 0 Å². The van der Waals surface area contributed by atoms with Crippen molar-refractivity contribution in [1.29, 1.82) is 0 Å². The predicted octanol–water partition coefficient (Wildman–Crippen LogP) is 7.32. The standard InChI is InChI=1S/C27H21Cl4N3O5S2/c1-40(36,37)34(16-21-22(28)4-2-5-23(21)29)19-12-8-17(9-13-19)27(35)32-18-10-14-20(15-11-18)41(38,39)33-25-7-3-6-24(30)26(25)31/h2-15,33H,16H2,1H3,(H,32,35). The Morgan fingerprint density at radius 3 is 1.90 bits per heavy atom. The van der Waals surface area contributed by atoms with Crippen LogP contribution < -0.4 is 14.3 Å². The minimum absolute atomic E-state index is 0.0598. The van der Waals surface area contributed by atoms with E-state index in [0.717, 1.165) is 10.6 Å². The van der Waals surface area contributed by atoms with Crippen LogP contribution in [0.15, 0.2) is 89.8 Å². The molecule has 1 amide bonds. The van der Waals surface area contributed by atoms with Gasteiger partial charge in [-0.15, -0.1) is 0 Å². The van der Waals surface area contributed by atoms with Crippen LogP contribution in [-0.4, -0.2) is 29.0 Å². The summed E-state index contributed by atoms with van der Waals surface area (Å²) >= 11 is 24.5. The van der Waals surface area contributed by atoms with Gasteiger partial charge in [-0.3, -0.25) is 13.8 Å². The van der Waals surface area contributed by atoms with Crippen LogP contribution >= 0.6 is 46.4 Å². The second-order valence-corrected chi connectivity index (χ2v) is 13.9. The number of nitrogens with one attached hydrogen (secondary N) is 2. The normalized spacial score (nSPS) is 11.6. The Morgan fingerprint density at radius 2 is 1.32 bits per heavy atom. The molecule has 0 radical (unpaired) electrons. The van der Waals surface area contributed by atoms with Crippen LogP contribution in [0.25, 0.3) is 0 Å². The molecule has 8 nitrogen and oxygen atoms in total. The van der Waals surface area contributed by atoms with E-state index < -0.39 is 26.0 Å². The summed E-state index contributed by atoms with van der Waals surface area (Å²) in [6.07, 6.45) is 1.06. The number of hydrogen-bond acceptors (Lipinski definition) is 5. The topological polar surface area (TPSA) is 113 Å². The van der Waals surface area contributed by atoms with Crippen LogP contribution in [0.1, 0.15) is 15.9 Å². The van der Waals surface area contributed by atoms with E-state index in [-0.39, 0.29) is 32.7 Å². The third kappa shape index (κ3) is 7.45. The summed E-state index contributed by atoms with van der Waals surface area (Å²) in [5, 5.41) is 3.60. The SMILES string of the molecule is CS(=O)(=O)N(Cc1c(Cl)cccc1Cl)c1ccc(C(=O)Nc2ccc(S(=O)(=O)Nc3cccc(Cl)c3Cl)cc2)cc1. The van der Waals surface area contributed by atoms with Crippen molar-refractivity contribution in [2.24, 2.45) is 0 Å². The van der Waals surface area contributed by atoms with E-state index in [0.29, 0.717) is 27.0 Å². The van der Waals surface area contributed by atoms with Crippen molar-refractivity contribution in [2.45, 2.75) is 11.4 Å². The van der Waals surface area contributed by atoms with Crippen LogP contribution in [-0.2, 0) is 26.6 Å². The third-order valence-corrected chi connectivity index (χ3v) is 9.85. The van der Waals surface area contributed by atoms with Crippen molar-refractivity contribution in [2.75, 3.05) is 20.6 Å². The maximum Gasteiger partial charge on any atom is 0.261 e. The second-order valence-electron chi connectivity index (χ2n) is 8.70. The van der Waals surface area contributed by atoms with Gasteiger partial charge in [0.1, 0.15) is 0 Å². The molecule has 2 N–H and O–H groups in total. The summed E-state index contributed by atoms with van der Waals surface area (Å²) in [6, 6.07) is 20.9. The Kier molecular flexibility index (Phi) is 9.42. The largest absolute Gasteiger partial charge is 0.322 e. The van der Waals surface area contributed by atoms with Gasteiger partial charge in [-0.25, -0.2) is 16.8 Å². The van der Waals surface area contributed by atoms with Crippen molar-refractivity contribution < 1.29 is 21.6 Å². The maximum absolute atomic E-state index is 12.8. The van der Waals surface area contributed by atoms with Gasteiger partial charge in [0.25, 0.3) is 15.9 Å². The van der Waals surface area contributed by atoms with Gasteiger partial charge in [-0.05, 0) is 72.8 Å². The van der Waals surface area contributed by atoms with Crippen LogP contribution in [0.3, 0.4) is 0 Å². The number of sulfonamides is 2. The zero-order valence-corrected chi connectivity index (χ0v) is 25.8. The van der Waals surface area contributed by atoms with Gasteiger partial charge >= 0.3 is 0 Å². The molecule has 0 bridgehead atoms. The van der Waals surface area contributed by atoms with Gasteiger partial charge in [0.2, 0.25) is 10.0 Å². The van der Waals surface area contributed by atoms with Crippen molar-refractivity contribution in [3.8, 4) is 0 Å². The molecule has 0 saturated carbocycles. The first-order valence-corrected chi connectivity index (χ1v) is 16.5. The first-order valence-electron chi connectivity index (χ1n) is 11.6. The molecule has 0 heterocycles. The third-order valence-electron chi connectivity index (χ3n) is 5.80. The fourth-order valence-electron chi connectivity index (χ4n) is 3.71. The van der Waals surface area contributed by atoms with Crippen LogP contribution in [0.5, 0.6) is 0 Å². The molecular weight excluding hydrogens is 652 g/mol. The quantitative estimate of drug-likeness (QED) is 0.194. The lowest BCUT2D eigenvalue weighted by Gasteiger charge is -2.23. The molecule has 0 saturated heterocycles. The number of carbonyl (C=O) groups is 1. The average Bonchev–Trinajstić information content (AvgIpc) is 2.91. The van der Waals surface area contributed by atoms with Crippen LogP contribution in [0, 0.1) is 0 Å². The number of carbonyl (C=O) groups excluding carboxylic acids is 1. The molecule has 41 heavy (non-hydrogen) atoms. The van der Waals surface area contributed by atoms with Crippen LogP contribution in [0.4, 0.5) is 17.1 Å². The number of benzene rings is 4. The lowest BCUT2D eigenvalue weighted by Crippen LogP contribution is -2.29. The van der Waals surface area contributed by atoms with E-state index in [1.807, 2.05) is 0 Å². The second kappa shape index (κ2) is 12.5. The molecule has 0 aliphatic rings. The minimum atomic E-state index is -3.98. The van der Waals surface area contributed by atoms with E-state index in [9.17, 15) is 21.6 Å². The van der Waals surface area contributed by atoms with E-state index in [2.05, 4.69) is 10.0 Å². The highest BCUT2D eigenvalue weighted by atomic mass is 35.5. The molecule has 0 aromatic heterocycles. The number of rotatable bonds is 9. The highest BCUT2D eigenvalue weighted by Crippen LogP contribution is 2.32. The molecular formula is C27H21Cl4N3O5S2. The molecule has 0 fully saturated rings. The first-order chi connectivity index (χ1) is 19.3. The lowest BCUT2D eigenvalue weighted by atomic mass is 10.1. The van der Waals surface area contributed by atoms with Gasteiger partial charge in [-0.2, -0.15) is 0 Å². The Morgan fingerprint density at radius 1 is 0.756 bits per heavy atom. The van der Waals surface area contributed by atoms with E-state index >= 15 is 0 Å². The van der Waals surface area contributed by atoms with Gasteiger partial charge < -0.3 is 5.32 Å². The highest BCUT2D eigenvalue weighted by molar-refractivity contribution is 7.92. The summed E-state index contributed by atoms with van der Waals surface area (Å²) in [6.45, 7) is -0.101. The highest BCUT2D eigenvalue weighted by Gasteiger charge is 2.21. The molecule has 4 aromatic carbocycles. The Labute approximate surface area is 257 Å². The van der Waals surface area contributed by atoms with E-state index in [1.165, 1.54) is 60.7 Å². The van der Waals surface area contributed by atoms with E-state index in [1.54, 1.807) is 24.3 Å². The van der Waals surface area contributed by atoms with Crippen molar-refractivity contribution in [3.05, 3.63) is 116 Å².